The Labute approximate surface area is 179 Å². The van der Waals surface area contributed by atoms with Crippen LogP contribution in [-0.2, 0) is 4.79 Å². The van der Waals surface area contributed by atoms with E-state index < -0.39 is 0 Å². The molecule has 2 heterocycles. The number of halogens is 1. The van der Waals surface area contributed by atoms with Gasteiger partial charge < -0.3 is 14.5 Å². The van der Waals surface area contributed by atoms with Gasteiger partial charge in [0.25, 0.3) is 11.8 Å². The maximum Gasteiger partial charge on any atom is 0.332 e. The highest BCUT2D eigenvalue weighted by Gasteiger charge is 2.41. The second-order valence-corrected chi connectivity index (χ2v) is 7.78. The summed E-state index contributed by atoms with van der Waals surface area (Å²) in [6.45, 7) is 1.04. The minimum atomic E-state index is -0.299. The van der Waals surface area contributed by atoms with Gasteiger partial charge in [-0.25, -0.2) is 9.69 Å². The van der Waals surface area contributed by atoms with Crippen LogP contribution in [0.2, 0.25) is 5.02 Å². The first-order valence-corrected chi connectivity index (χ1v) is 10.2. The van der Waals surface area contributed by atoms with Gasteiger partial charge in [-0.15, -0.1) is 0 Å². The van der Waals surface area contributed by atoms with Crippen LogP contribution in [-0.4, -0.2) is 60.4 Å². The van der Waals surface area contributed by atoms with Crippen molar-refractivity contribution >= 4 is 35.1 Å². The Hall–Kier alpha value is -3.06. The van der Waals surface area contributed by atoms with Crippen LogP contribution in [0.3, 0.4) is 0 Å². The number of anilines is 1. The van der Waals surface area contributed by atoms with Crippen LogP contribution >= 0.6 is 11.6 Å². The minimum Gasteiger partial charge on any atom is -0.496 e. The number of piperidine rings is 1. The van der Waals surface area contributed by atoms with Crippen LogP contribution in [0.15, 0.2) is 48.5 Å². The average Bonchev–Trinajstić information content (AvgIpc) is 3.07. The number of carbonyl (C=O) groups excluding carboxylic acids is 3. The lowest BCUT2D eigenvalue weighted by Gasteiger charge is -2.36. The Morgan fingerprint density at radius 3 is 2.43 bits per heavy atom. The summed E-state index contributed by atoms with van der Waals surface area (Å²) >= 11 is 6.05. The number of urea groups is 1. The zero-order valence-corrected chi connectivity index (χ0v) is 17.3. The Morgan fingerprint density at radius 1 is 1.07 bits per heavy atom. The molecule has 0 radical (unpaired) electrons. The summed E-state index contributed by atoms with van der Waals surface area (Å²) < 4.78 is 5.29. The topological polar surface area (TPSA) is 70.2 Å². The van der Waals surface area contributed by atoms with Crippen LogP contribution in [0, 0.1) is 0 Å². The number of carbonyl (C=O) groups is 3. The molecule has 8 heteroatoms. The van der Waals surface area contributed by atoms with E-state index in [2.05, 4.69) is 0 Å². The van der Waals surface area contributed by atoms with E-state index in [0.717, 1.165) is 0 Å². The minimum absolute atomic E-state index is 0.0639. The number of hydrogen-bond acceptors (Lipinski definition) is 4. The normalized spacial score (nSPS) is 17.6. The van der Waals surface area contributed by atoms with Gasteiger partial charge in [-0.3, -0.25) is 9.59 Å². The fourth-order valence-corrected chi connectivity index (χ4v) is 4.21. The maximum atomic E-state index is 13.0. The predicted molar refractivity (Wildman–Crippen MR) is 113 cm³/mol. The standard InChI is InChI=1S/C22H22ClN3O4/c1-30-19-8-7-15(23)13-18(19)21(28)24-11-9-16(10-12-24)25-14-20(27)26(22(25)29)17-5-3-2-4-6-17/h2-8,13,16H,9-12,14H2,1H3. The van der Waals surface area contributed by atoms with E-state index in [0.29, 0.717) is 48.0 Å². The number of likely N-dealkylation sites (tertiary alicyclic amines) is 1. The lowest BCUT2D eigenvalue weighted by molar-refractivity contribution is -0.116. The molecule has 4 amide bonds. The number of ether oxygens (including phenoxy) is 1. The molecule has 2 saturated heterocycles. The van der Waals surface area contributed by atoms with Crippen molar-refractivity contribution in [2.24, 2.45) is 0 Å². The Kier molecular flexibility index (Phi) is 5.63. The van der Waals surface area contributed by atoms with Gasteiger partial charge in [0, 0.05) is 24.2 Å². The van der Waals surface area contributed by atoms with Crippen molar-refractivity contribution in [3.63, 3.8) is 0 Å². The second kappa shape index (κ2) is 8.36. The van der Waals surface area contributed by atoms with E-state index in [-0.39, 0.29) is 30.4 Å². The number of para-hydroxylation sites is 1. The largest absolute Gasteiger partial charge is 0.496 e. The quantitative estimate of drug-likeness (QED) is 0.701. The molecule has 156 valence electrons. The van der Waals surface area contributed by atoms with E-state index in [4.69, 9.17) is 16.3 Å². The molecule has 0 aliphatic carbocycles. The summed E-state index contributed by atoms with van der Waals surface area (Å²) in [4.78, 5) is 42.9. The van der Waals surface area contributed by atoms with Crippen molar-refractivity contribution < 1.29 is 19.1 Å². The first-order valence-electron chi connectivity index (χ1n) is 9.81. The molecule has 0 N–H and O–H groups in total. The van der Waals surface area contributed by atoms with Gasteiger partial charge in [0.2, 0.25) is 0 Å². The molecule has 2 aliphatic rings. The molecule has 0 spiro atoms. The summed E-state index contributed by atoms with van der Waals surface area (Å²) in [5, 5.41) is 0.469. The van der Waals surface area contributed by atoms with Gasteiger partial charge in [0.1, 0.15) is 12.3 Å². The van der Waals surface area contributed by atoms with Gasteiger partial charge in [0.05, 0.1) is 18.4 Å². The van der Waals surface area contributed by atoms with Crippen molar-refractivity contribution in [2.75, 3.05) is 31.6 Å². The smallest absolute Gasteiger partial charge is 0.332 e. The molecule has 2 fully saturated rings. The van der Waals surface area contributed by atoms with Crippen LogP contribution in [0.1, 0.15) is 23.2 Å². The summed E-state index contributed by atoms with van der Waals surface area (Å²) in [7, 11) is 1.51. The number of hydrogen-bond donors (Lipinski definition) is 0. The highest BCUT2D eigenvalue weighted by atomic mass is 35.5. The molecular weight excluding hydrogens is 406 g/mol. The molecule has 4 rings (SSSR count). The summed E-state index contributed by atoms with van der Waals surface area (Å²) in [6.07, 6.45) is 1.21. The molecule has 0 aromatic heterocycles. The summed E-state index contributed by atoms with van der Waals surface area (Å²) in [5.74, 6) is 0.0984. The summed E-state index contributed by atoms with van der Waals surface area (Å²) in [6, 6.07) is 13.5. The molecule has 7 nitrogen and oxygen atoms in total. The molecule has 2 aromatic carbocycles. The zero-order valence-electron chi connectivity index (χ0n) is 16.6. The SMILES string of the molecule is COc1ccc(Cl)cc1C(=O)N1CCC(N2CC(=O)N(c3ccccc3)C2=O)CC1. The van der Waals surface area contributed by atoms with Gasteiger partial charge in [-0.1, -0.05) is 29.8 Å². The van der Waals surface area contributed by atoms with Crippen LogP contribution in [0.5, 0.6) is 5.75 Å². The molecule has 0 atom stereocenters. The van der Waals surface area contributed by atoms with E-state index in [1.54, 1.807) is 52.3 Å². The van der Waals surface area contributed by atoms with E-state index in [1.807, 2.05) is 6.07 Å². The number of amides is 4. The monoisotopic (exact) mass is 427 g/mol. The van der Waals surface area contributed by atoms with Gasteiger partial charge in [-0.2, -0.15) is 0 Å². The lowest BCUT2D eigenvalue weighted by atomic mass is 10.0. The second-order valence-electron chi connectivity index (χ2n) is 7.34. The number of methoxy groups -OCH3 is 1. The predicted octanol–water partition coefficient (Wildman–Crippen LogP) is 3.42. The number of rotatable bonds is 4. The third-order valence-electron chi connectivity index (χ3n) is 5.59. The highest BCUT2D eigenvalue weighted by Crippen LogP contribution is 2.29. The molecular formula is C22H22ClN3O4. The van der Waals surface area contributed by atoms with Gasteiger partial charge >= 0.3 is 6.03 Å². The van der Waals surface area contributed by atoms with Gasteiger partial charge in [-0.05, 0) is 43.2 Å². The Balaban J connectivity index is 1.43. The molecule has 2 aromatic rings. The van der Waals surface area contributed by atoms with E-state index in [9.17, 15) is 14.4 Å². The van der Waals surface area contributed by atoms with Gasteiger partial charge in [0.15, 0.2) is 0 Å². The number of imide groups is 1. The molecule has 2 aliphatic heterocycles. The highest BCUT2D eigenvalue weighted by molar-refractivity contribution is 6.31. The van der Waals surface area contributed by atoms with Crippen molar-refractivity contribution in [3.8, 4) is 5.75 Å². The average molecular weight is 428 g/mol. The van der Waals surface area contributed by atoms with Crippen molar-refractivity contribution in [1.29, 1.82) is 0 Å². The molecule has 0 bridgehead atoms. The first kappa shape index (κ1) is 20.2. The molecule has 0 saturated carbocycles. The van der Waals surface area contributed by atoms with Crippen LogP contribution < -0.4 is 9.64 Å². The number of benzene rings is 2. The molecule has 0 unspecified atom stereocenters. The summed E-state index contributed by atoms with van der Waals surface area (Å²) in [5.41, 5.74) is 1.00. The lowest BCUT2D eigenvalue weighted by Crippen LogP contribution is -2.48. The van der Waals surface area contributed by atoms with Crippen LogP contribution in [0.25, 0.3) is 0 Å². The number of nitrogens with zero attached hydrogens (tertiary/aromatic N) is 3. The van der Waals surface area contributed by atoms with Crippen molar-refractivity contribution in [3.05, 3.63) is 59.1 Å². The van der Waals surface area contributed by atoms with Crippen LogP contribution in [0.4, 0.5) is 10.5 Å². The van der Waals surface area contributed by atoms with Crippen molar-refractivity contribution in [1.82, 2.24) is 9.80 Å². The zero-order chi connectivity index (χ0) is 21.3. The van der Waals surface area contributed by atoms with Crippen molar-refractivity contribution in [2.45, 2.75) is 18.9 Å². The fraction of sp³-hybridized carbons (Fsp3) is 0.318. The Morgan fingerprint density at radius 2 is 1.77 bits per heavy atom. The van der Waals surface area contributed by atoms with E-state index >= 15 is 0 Å². The third-order valence-corrected chi connectivity index (χ3v) is 5.83. The maximum absolute atomic E-state index is 13.0. The fourth-order valence-electron chi connectivity index (χ4n) is 4.03. The molecule has 30 heavy (non-hydrogen) atoms. The first-order chi connectivity index (χ1) is 14.5. The van der Waals surface area contributed by atoms with E-state index in [1.165, 1.54) is 12.0 Å². The third kappa shape index (κ3) is 3.73. The Bertz CT molecular complexity index is 974.